The predicted molar refractivity (Wildman–Crippen MR) is 68.7 cm³/mol. The highest BCUT2D eigenvalue weighted by Gasteiger charge is 2.00. The van der Waals surface area contributed by atoms with Crippen LogP contribution in [0, 0.1) is 6.92 Å². The van der Waals surface area contributed by atoms with Gasteiger partial charge in [0.15, 0.2) is 5.75 Å². The molecule has 2 N–H and O–H groups in total. The topological polar surface area (TPSA) is 75.7 Å². The molecule has 0 aliphatic carbocycles. The zero-order valence-corrected chi connectivity index (χ0v) is 10.6. The first kappa shape index (κ1) is 12.3. The van der Waals surface area contributed by atoms with Crippen LogP contribution in [0.15, 0.2) is 18.6 Å². The van der Waals surface area contributed by atoms with Gasteiger partial charge in [-0.15, -0.1) is 0 Å². The van der Waals surface area contributed by atoms with E-state index < -0.39 is 0 Å². The lowest BCUT2D eigenvalue weighted by Crippen LogP contribution is -2.06. The molecule has 0 amide bonds. The molecule has 18 heavy (non-hydrogen) atoms. The first-order valence-corrected chi connectivity index (χ1v) is 5.88. The molecule has 0 unspecified atom stereocenters. The summed E-state index contributed by atoms with van der Waals surface area (Å²) in [6.07, 6.45) is 7.17. The van der Waals surface area contributed by atoms with Gasteiger partial charge in [0.1, 0.15) is 0 Å². The van der Waals surface area contributed by atoms with Gasteiger partial charge < -0.3 is 10.1 Å². The minimum Gasteiger partial charge on any atom is -0.494 e. The maximum atomic E-state index is 4.99. The summed E-state index contributed by atoms with van der Waals surface area (Å²) in [5.41, 5.74) is 2.39. The van der Waals surface area contributed by atoms with Gasteiger partial charge in [0, 0.05) is 12.2 Å². The number of ether oxygens (including phenoxy) is 1. The molecule has 0 saturated heterocycles. The summed E-state index contributed by atoms with van der Waals surface area (Å²) in [5, 5.41) is 10.1. The Morgan fingerprint density at radius 3 is 2.67 bits per heavy atom. The Hall–Kier alpha value is -2.11. The molecule has 2 aromatic rings. The molecule has 0 atom stereocenters. The Labute approximate surface area is 106 Å². The van der Waals surface area contributed by atoms with Crippen molar-refractivity contribution in [1.29, 1.82) is 0 Å². The molecule has 0 spiro atoms. The highest BCUT2D eigenvalue weighted by Crippen LogP contribution is 2.08. The van der Waals surface area contributed by atoms with Crippen molar-refractivity contribution >= 4 is 5.95 Å². The van der Waals surface area contributed by atoms with Gasteiger partial charge in [-0.05, 0) is 25.3 Å². The number of methoxy groups -OCH3 is 1. The first-order valence-electron chi connectivity index (χ1n) is 5.88. The van der Waals surface area contributed by atoms with Gasteiger partial charge in [0.25, 0.3) is 0 Å². The lowest BCUT2D eigenvalue weighted by Gasteiger charge is -2.04. The van der Waals surface area contributed by atoms with Crippen molar-refractivity contribution in [2.45, 2.75) is 19.8 Å². The Balaban J connectivity index is 1.73. The number of rotatable bonds is 6. The van der Waals surface area contributed by atoms with Crippen LogP contribution < -0.4 is 10.1 Å². The molecule has 2 aromatic heterocycles. The average molecular weight is 247 g/mol. The monoisotopic (exact) mass is 247 g/mol. The Morgan fingerprint density at radius 1 is 1.28 bits per heavy atom. The Bertz CT molecular complexity index is 479. The van der Waals surface area contributed by atoms with Crippen molar-refractivity contribution in [2.75, 3.05) is 19.0 Å². The minimum atomic E-state index is 0.625. The predicted octanol–water partition coefficient (Wildman–Crippen LogP) is 1.56. The van der Waals surface area contributed by atoms with Gasteiger partial charge in [-0.25, -0.2) is 9.97 Å². The second kappa shape index (κ2) is 6.00. The van der Waals surface area contributed by atoms with Crippen molar-refractivity contribution in [3.05, 3.63) is 29.8 Å². The van der Waals surface area contributed by atoms with E-state index in [9.17, 15) is 0 Å². The lowest BCUT2D eigenvalue weighted by atomic mass is 10.1. The van der Waals surface area contributed by atoms with E-state index in [1.807, 2.05) is 13.1 Å². The molecule has 0 radical (unpaired) electrons. The van der Waals surface area contributed by atoms with Gasteiger partial charge >= 0.3 is 0 Å². The van der Waals surface area contributed by atoms with Gasteiger partial charge in [-0.3, -0.25) is 5.10 Å². The van der Waals surface area contributed by atoms with E-state index >= 15 is 0 Å². The van der Waals surface area contributed by atoms with Crippen molar-refractivity contribution in [2.24, 2.45) is 0 Å². The fourth-order valence-corrected chi connectivity index (χ4v) is 1.62. The molecule has 6 heteroatoms. The summed E-state index contributed by atoms with van der Waals surface area (Å²) in [7, 11) is 1.60. The molecule has 0 aromatic carbocycles. The standard InChI is InChI=1S/C12H17N5O/c1-9-10(6-16-17-9)4-3-5-13-12-14-7-11(18-2)8-15-12/h6-8H,3-5H2,1-2H3,(H,16,17)(H,13,14,15). The number of hydrogen-bond acceptors (Lipinski definition) is 5. The van der Waals surface area contributed by atoms with E-state index in [4.69, 9.17) is 4.74 Å². The summed E-state index contributed by atoms with van der Waals surface area (Å²) < 4.78 is 4.99. The van der Waals surface area contributed by atoms with E-state index in [1.165, 1.54) is 5.56 Å². The summed E-state index contributed by atoms with van der Waals surface area (Å²) in [4.78, 5) is 8.27. The number of aromatic nitrogens is 4. The number of H-pyrrole nitrogens is 1. The number of aromatic amines is 1. The highest BCUT2D eigenvalue weighted by molar-refractivity contribution is 5.26. The number of aryl methyl sites for hydroxylation is 2. The zero-order valence-electron chi connectivity index (χ0n) is 10.6. The van der Waals surface area contributed by atoms with Crippen molar-refractivity contribution < 1.29 is 4.74 Å². The van der Waals surface area contributed by atoms with Gasteiger partial charge in [0.2, 0.25) is 5.95 Å². The second-order valence-corrected chi connectivity index (χ2v) is 4.00. The quantitative estimate of drug-likeness (QED) is 0.758. The summed E-state index contributed by atoms with van der Waals surface area (Å²) >= 11 is 0. The van der Waals surface area contributed by atoms with Crippen LogP contribution in [0.4, 0.5) is 5.95 Å². The van der Waals surface area contributed by atoms with Crippen LogP contribution in [0.5, 0.6) is 5.75 Å². The molecular formula is C12H17N5O. The summed E-state index contributed by atoms with van der Waals surface area (Å²) in [6.45, 7) is 2.86. The fraction of sp³-hybridized carbons (Fsp3) is 0.417. The summed E-state index contributed by atoms with van der Waals surface area (Å²) in [5.74, 6) is 1.29. The smallest absolute Gasteiger partial charge is 0.222 e. The van der Waals surface area contributed by atoms with Crippen molar-refractivity contribution in [1.82, 2.24) is 20.2 Å². The zero-order chi connectivity index (χ0) is 12.8. The molecule has 0 bridgehead atoms. The third-order valence-electron chi connectivity index (χ3n) is 2.70. The van der Waals surface area contributed by atoms with Crippen LogP contribution in [0.3, 0.4) is 0 Å². The Kier molecular flexibility index (Phi) is 4.11. The van der Waals surface area contributed by atoms with Gasteiger partial charge in [-0.1, -0.05) is 0 Å². The average Bonchev–Trinajstić information content (AvgIpc) is 2.81. The third kappa shape index (κ3) is 3.19. The summed E-state index contributed by atoms with van der Waals surface area (Å²) in [6, 6.07) is 0. The van der Waals surface area contributed by atoms with Crippen molar-refractivity contribution in [3.63, 3.8) is 0 Å². The van der Waals surface area contributed by atoms with Crippen LogP contribution in [0.25, 0.3) is 0 Å². The van der Waals surface area contributed by atoms with Gasteiger partial charge in [0.05, 0.1) is 25.7 Å². The molecule has 96 valence electrons. The molecule has 2 heterocycles. The number of nitrogens with zero attached hydrogens (tertiary/aromatic N) is 3. The molecule has 2 rings (SSSR count). The fourth-order valence-electron chi connectivity index (χ4n) is 1.62. The van der Waals surface area contributed by atoms with Crippen LogP contribution >= 0.6 is 0 Å². The highest BCUT2D eigenvalue weighted by atomic mass is 16.5. The van der Waals surface area contributed by atoms with E-state index in [0.717, 1.165) is 25.1 Å². The molecule has 0 fully saturated rings. The maximum Gasteiger partial charge on any atom is 0.222 e. The lowest BCUT2D eigenvalue weighted by molar-refractivity contribution is 0.411. The van der Waals surface area contributed by atoms with Gasteiger partial charge in [-0.2, -0.15) is 5.10 Å². The molecule has 0 aliphatic heterocycles. The first-order chi connectivity index (χ1) is 8.79. The van der Waals surface area contributed by atoms with E-state index in [0.29, 0.717) is 11.7 Å². The number of hydrogen-bond donors (Lipinski definition) is 2. The van der Waals surface area contributed by atoms with Crippen molar-refractivity contribution in [3.8, 4) is 5.75 Å². The molecule has 0 aliphatic rings. The molecular weight excluding hydrogens is 230 g/mol. The largest absolute Gasteiger partial charge is 0.494 e. The molecule has 6 nitrogen and oxygen atoms in total. The van der Waals surface area contributed by atoms with E-state index in [1.54, 1.807) is 19.5 Å². The SMILES string of the molecule is COc1cnc(NCCCc2cn[nH]c2C)nc1. The number of anilines is 1. The molecule has 0 saturated carbocycles. The normalized spacial score (nSPS) is 10.3. The van der Waals surface area contributed by atoms with E-state index in [-0.39, 0.29) is 0 Å². The minimum absolute atomic E-state index is 0.625. The van der Waals surface area contributed by atoms with Crippen LogP contribution in [0.2, 0.25) is 0 Å². The van der Waals surface area contributed by atoms with Crippen LogP contribution in [-0.4, -0.2) is 33.8 Å². The van der Waals surface area contributed by atoms with E-state index in [2.05, 4.69) is 25.5 Å². The van der Waals surface area contributed by atoms with Crippen LogP contribution in [0.1, 0.15) is 17.7 Å². The number of nitrogens with one attached hydrogen (secondary N) is 2. The Morgan fingerprint density at radius 2 is 2.06 bits per heavy atom. The second-order valence-electron chi connectivity index (χ2n) is 4.00. The van der Waals surface area contributed by atoms with Crippen LogP contribution in [-0.2, 0) is 6.42 Å². The maximum absolute atomic E-state index is 4.99. The third-order valence-corrected chi connectivity index (χ3v) is 2.70.